The molecule has 2 aliphatic carbocycles. The highest BCUT2D eigenvalue weighted by Gasteiger charge is 2.62. The minimum absolute atomic E-state index is 0.0102. The van der Waals surface area contributed by atoms with Gasteiger partial charge in [0, 0.05) is 17.5 Å². The van der Waals surface area contributed by atoms with E-state index in [1.807, 2.05) is 0 Å². The SMILES string of the molecule is C=C=C1CC(C(=O)OC)(C(=O)OC)CC12C=CC(=O)C=C2Cl. The van der Waals surface area contributed by atoms with E-state index in [1.54, 1.807) is 6.08 Å². The highest BCUT2D eigenvalue weighted by Crippen LogP contribution is 2.59. The molecule has 0 bridgehead atoms. The maximum atomic E-state index is 12.3. The molecule has 1 unspecified atom stereocenters. The van der Waals surface area contributed by atoms with Gasteiger partial charge in [0.15, 0.2) is 11.2 Å². The van der Waals surface area contributed by atoms with Crippen LogP contribution in [0.2, 0.25) is 0 Å². The molecule has 6 heteroatoms. The molecule has 1 spiro atoms. The van der Waals surface area contributed by atoms with Crippen LogP contribution in [0.5, 0.6) is 0 Å². The minimum atomic E-state index is -1.53. The standard InChI is InChI=1S/C16H15ClO5/c1-4-10-8-16(13(19)21-2,14(20)22-3)9-15(10)6-5-11(18)7-12(15)17/h5-7H,1,8-9H2,2-3H3. The van der Waals surface area contributed by atoms with Crippen LogP contribution in [0.3, 0.4) is 0 Å². The second-order valence-electron chi connectivity index (χ2n) is 5.27. The van der Waals surface area contributed by atoms with E-state index in [-0.39, 0.29) is 23.7 Å². The molecule has 0 N–H and O–H groups in total. The van der Waals surface area contributed by atoms with E-state index >= 15 is 0 Å². The Bertz CT molecular complexity index is 650. The van der Waals surface area contributed by atoms with Gasteiger partial charge >= 0.3 is 11.9 Å². The Kier molecular flexibility index (Phi) is 4.14. The first-order valence-corrected chi connectivity index (χ1v) is 6.91. The third-order valence-electron chi connectivity index (χ3n) is 4.19. The molecule has 0 aromatic heterocycles. The number of rotatable bonds is 2. The third-order valence-corrected chi connectivity index (χ3v) is 4.64. The summed E-state index contributed by atoms with van der Waals surface area (Å²) >= 11 is 6.27. The van der Waals surface area contributed by atoms with Crippen LogP contribution in [0.25, 0.3) is 0 Å². The summed E-state index contributed by atoms with van der Waals surface area (Å²) in [6.07, 6.45) is 4.24. The molecular weight excluding hydrogens is 308 g/mol. The lowest BCUT2D eigenvalue weighted by atomic mass is 9.76. The molecule has 0 aliphatic heterocycles. The smallest absolute Gasteiger partial charge is 0.323 e. The van der Waals surface area contributed by atoms with Crippen LogP contribution in [-0.2, 0) is 23.9 Å². The van der Waals surface area contributed by atoms with Gasteiger partial charge in [0.25, 0.3) is 0 Å². The summed E-state index contributed by atoms with van der Waals surface area (Å²) in [5.74, 6) is -1.68. The van der Waals surface area contributed by atoms with Crippen molar-refractivity contribution in [2.45, 2.75) is 12.8 Å². The third kappa shape index (κ3) is 2.14. The summed E-state index contributed by atoms with van der Waals surface area (Å²) < 4.78 is 9.58. The van der Waals surface area contributed by atoms with Gasteiger partial charge in [-0.25, -0.2) is 0 Å². The normalized spacial score (nSPS) is 25.7. The van der Waals surface area contributed by atoms with Crippen LogP contribution in [0.15, 0.2) is 41.1 Å². The Labute approximate surface area is 132 Å². The average Bonchev–Trinajstić information content (AvgIpc) is 2.86. The maximum Gasteiger partial charge on any atom is 0.323 e. The topological polar surface area (TPSA) is 69.7 Å². The van der Waals surface area contributed by atoms with Gasteiger partial charge in [-0.3, -0.25) is 14.4 Å². The Morgan fingerprint density at radius 2 is 1.91 bits per heavy atom. The quantitative estimate of drug-likeness (QED) is 0.442. The van der Waals surface area contributed by atoms with E-state index < -0.39 is 22.8 Å². The van der Waals surface area contributed by atoms with E-state index in [2.05, 4.69) is 12.3 Å². The summed E-state index contributed by atoms with van der Waals surface area (Å²) in [4.78, 5) is 36.0. The molecule has 0 aromatic carbocycles. The monoisotopic (exact) mass is 322 g/mol. The van der Waals surface area contributed by atoms with E-state index in [9.17, 15) is 14.4 Å². The zero-order valence-electron chi connectivity index (χ0n) is 12.3. The van der Waals surface area contributed by atoms with Crippen molar-refractivity contribution in [2.75, 3.05) is 14.2 Å². The fourth-order valence-electron chi connectivity index (χ4n) is 3.08. The summed E-state index contributed by atoms with van der Waals surface area (Å²) in [6.45, 7) is 3.61. The molecule has 0 saturated heterocycles. The van der Waals surface area contributed by atoms with Crippen molar-refractivity contribution in [2.24, 2.45) is 10.8 Å². The molecule has 0 aromatic rings. The Hall–Kier alpha value is -2.10. The van der Waals surface area contributed by atoms with Crippen molar-refractivity contribution in [3.8, 4) is 0 Å². The van der Waals surface area contributed by atoms with Crippen LogP contribution in [0.4, 0.5) is 0 Å². The molecule has 1 fully saturated rings. The van der Waals surface area contributed by atoms with Gasteiger partial charge in [-0.1, -0.05) is 24.3 Å². The van der Waals surface area contributed by atoms with Crippen molar-refractivity contribution in [1.82, 2.24) is 0 Å². The first-order chi connectivity index (χ1) is 10.4. The lowest BCUT2D eigenvalue weighted by Gasteiger charge is -2.30. The van der Waals surface area contributed by atoms with Crippen molar-refractivity contribution in [3.05, 3.63) is 41.1 Å². The fraction of sp³-hybridized carbons (Fsp3) is 0.375. The Balaban J connectivity index is 2.62. The zero-order chi connectivity index (χ0) is 16.5. The molecule has 116 valence electrons. The van der Waals surface area contributed by atoms with Crippen LogP contribution in [0.1, 0.15) is 12.8 Å². The van der Waals surface area contributed by atoms with Crippen LogP contribution >= 0.6 is 11.6 Å². The number of carbonyl (C=O) groups excluding carboxylic acids is 3. The van der Waals surface area contributed by atoms with Crippen molar-refractivity contribution >= 4 is 29.3 Å². The number of halogens is 1. The number of allylic oxidation sites excluding steroid dienone is 5. The summed E-state index contributed by atoms with van der Waals surface area (Å²) in [5.41, 5.74) is 0.811. The summed E-state index contributed by atoms with van der Waals surface area (Å²) in [5, 5.41) is 0.223. The highest BCUT2D eigenvalue weighted by molar-refractivity contribution is 6.33. The number of methoxy groups -OCH3 is 2. The van der Waals surface area contributed by atoms with Gasteiger partial charge in [-0.2, -0.15) is 0 Å². The van der Waals surface area contributed by atoms with Gasteiger partial charge in [-0.15, -0.1) is 5.73 Å². The number of ether oxygens (including phenoxy) is 2. The lowest BCUT2D eigenvalue weighted by Crippen LogP contribution is -2.40. The number of esters is 2. The fourth-order valence-corrected chi connectivity index (χ4v) is 3.43. The first kappa shape index (κ1) is 16.3. The van der Waals surface area contributed by atoms with Crippen molar-refractivity contribution < 1.29 is 23.9 Å². The first-order valence-electron chi connectivity index (χ1n) is 6.53. The molecule has 22 heavy (non-hydrogen) atoms. The van der Waals surface area contributed by atoms with E-state index in [1.165, 1.54) is 26.4 Å². The number of hydrogen-bond donors (Lipinski definition) is 0. The molecule has 1 saturated carbocycles. The summed E-state index contributed by atoms with van der Waals surface area (Å²) in [7, 11) is 2.40. The van der Waals surface area contributed by atoms with E-state index in [4.69, 9.17) is 21.1 Å². The zero-order valence-corrected chi connectivity index (χ0v) is 13.0. The van der Waals surface area contributed by atoms with Crippen LogP contribution in [0, 0.1) is 10.8 Å². The van der Waals surface area contributed by atoms with Gasteiger partial charge in [-0.05, 0) is 18.1 Å². The molecule has 1 atom stereocenters. The molecule has 0 amide bonds. The minimum Gasteiger partial charge on any atom is -0.468 e. The Morgan fingerprint density at radius 3 is 2.36 bits per heavy atom. The Morgan fingerprint density at radius 1 is 1.32 bits per heavy atom. The highest BCUT2D eigenvalue weighted by atomic mass is 35.5. The summed E-state index contributed by atoms with van der Waals surface area (Å²) in [6, 6.07) is 0. The molecule has 0 heterocycles. The largest absolute Gasteiger partial charge is 0.468 e. The number of ketones is 1. The lowest BCUT2D eigenvalue weighted by molar-refractivity contribution is -0.168. The van der Waals surface area contributed by atoms with Gasteiger partial charge in [0.2, 0.25) is 0 Å². The molecule has 2 aliphatic rings. The van der Waals surface area contributed by atoms with Crippen molar-refractivity contribution in [1.29, 1.82) is 0 Å². The maximum absolute atomic E-state index is 12.3. The van der Waals surface area contributed by atoms with Crippen LogP contribution in [-0.4, -0.2) is 31.9 Å². The predicted molar refractivity (Wildman–Crippen MR) is 78.9 cm³/mol. The van der Waals surface area contributed by atoms with Gasteiger partial charge < -0.3 is 9.47 Å². The van der Waals surface area contributed by atoms with Gasteiger partial charge in [0.05, 0.1) is 19.6 Å². The van der Waals surface area contributed by atoms with E-state index in [0.29, 0.717) is 5.57 Å². The van der Waals surface area contributed by atoms with Gasteiger partial charge in [0.1, 0.15) is 0 Å². The van der Waals surface area contributed by atoms with Crippen molar-refractivity contribution in [3.63, 3.8) is 0 Å². The molecular formula is C16H15ClO5. The number of carbonyl (C=O) groups is 3. The molecule has 0 radical (unpaired) electrons. The second kappa shape index (κ2) is 5.59. The predicted octanol–water partition coefficient (Wildman–Crippen LogP) is 2.07. The van der Waals surface area contributed by atoms with Crippen LogP contribution < -0.4 is 0 Å². The average molecular weight is 323 g/mol. The van der Waals surface area contributed by atoms with E-state index in [0.717, 1.165) is 0 Å². The molecule has 5 nitrogen and oxygen atoms in total. The molecule has 2 rings (SSSR count). The second-order valence-corrected chi connectivity index (χ2v) is 5.68. The number of hydrogen-bond acceptors (Lipinski definition) is 5.